The predicted octanol–water partition coefficient (Wildman–Crippen LogP) is 1.47. The van der Waals surface area contributed by atoms with Crippen molar-refractivity contribution < 1.29 is 4.74 Å². The molecule has 0 radical (unpaired) electrons. The second-order valence-electron chi connectivity index (χ2n) is 5.25. The highest BCUT2D eigenvalue weighted by Gasteiger charge is 2.24. The van der Waals surface area contributed by atoms with E-state index in [1.54, 1.807) is 7.11 Å². The van der Waals surface area contributed by atoms with Crippen LogP contribution in [0.1, 0.15) is 33.1 Å². The van der Waals surface area contributed by atoms with Gasteiger partial charge in [-0.2, -0.15) is 0 Å². The first-order valence-electron chi connectivity index (χ1n) is 6.05. The first-order chi connectivity index (χ1) is 7.07. The van der Waals surface area contributed by atoms with Crippen molar-refractivity contribution in [2.24, 2.45) is 11.7 Å². The molecule has 3 nitrogen and oxygen atoms in total. The standard InChI is InChI=1S/C12H26N2O/c1-12(2,15-3)6-9-14-8-5-11(10-14)4-7-13/h11H,4-10,13H2,1-3H3. The van der Waals surface area contributed by atoms with Crippen LogP contribution in [0.2, 0.25) is 0 Å². The van der Waals surface area contributed by atoms with E-state index in [1.807, 2.05) is 0 Å². The van der Waals surface area contributed by atoms with Crippen molar-refractivity contribution >= 4 is 0 Å². The average Bonchev–Trinajstić information content (AvgIpc) is 2.64. The summed E-state index contributed by atoms with van der Waals surface area (Å²) in [5.74, 6) is 0.834. The second kappa shape index (κ2) is 5.83. The van der Waals surface area contributed by atoms with E-state index in [-0.39, 0.29) is 5.60 Å². The molecule has 1 aliphatic rings. The molecule has 0 aliphatic carbocycles. The lowest BCUT2D eigenvalue weighted by atomic mass is 10.0. The number of nitrogens with zero attached hydrogens (tertiary/aromatic N) is 1. The summed E-state index contributed by atoms with van der Waals surface area (Å²) in [6, 6.07) is 0. The maximum absolute atomic E-state index is 5.58. The van der Waals surface area contributed by atoms with Gasteiger partial charge in [-0.25, -0.2) is 0 Å². The molecule has 90 valence electrons. The third-order valence-electron chi connectivity index (χ3n) is 3.53. The minimum atomic E-state index is 0.0198. The Labute approximate surface area is 94.0 Å². The zero-order valence-corrected chi connectivity index (χ0v) is 10.5. The summed E-state index contributed by atoms with van der Waals surface area (Å²) in [5.41, 5.74) is 5.60. The Morgan fingerprint density at radius 3 is 2.80 bits per heavy atom. The molecular weight excluding hydrogens is 188 g/mol. The van der Waals surface area contributed by atoms with E-state index < -0.39 is 0 Å². The number of likely N-dealkylation sites (tertiary alicyclic amines) is 1. The van der Waals surface area contributed by atoms with Gasteiger partial charge >= 0.3 is 0 Å². The number of methoxy groups -OCH3 is 1. The van der Waals surface area contributed by atoms with E-state index >= 15 is 0 Å². The average molecular weight is 214 g/mol. The Hall–Kier alpha value is -0.120. The van der Waals surface area contributed by atoms with Gasteiger partial charge in [0.2, 0.25) is 0 Å². The molecule has 1 heterocycles. The van der Waals surface area contributed by atoms with E-state index in [4.69, 9.17) is 10.5 Å². The Bertz CT molecular complexity index is 182. The maximum atomic E-state index is 5.58. The number of ether oxygens (including phenoxy) is 1. The molecule has 1 unspecified atom stereocenters. The van der Waals surface area contributed by atoms with E-state index in [9.17, 15) is 0 Å². The highest BCUT2D eigenvalue weighted by Crippen LogP contribution is 2.21. The van der Waals surface area contributed by atoms with Crippen LogP contribution < -0.4 is 5.73 Å². The molecular formula is C12H26N2O. The fourth-order valence-electron chi connectivity index (χ4n) is 2.12. The normalized spacial score (nSPS) is 23.6. The van der Waals surface area contributed by atoms with Crippen molar-refractivity contribution in [2.45, 2.75) is 38.7 Å². The number of hydrogen-bond acceptors (Lipinski definition) is 3. The molecule has 1 saturated heterocycles. The molecule has 0 amide bonds. The van der Waals surface area contributed by atoms with Gasteiger partial charge < -0.3 is 15.4 Å². The molecule has 0 aromatic heterocycles. The summed E-state index contributed by atoms with van der Waals surface area (Å²) < 4.78 is 5.43. The highest BCUT2D eigenvalue weighted by atomic mass is 16.5. The summed E-state index contributed by atoms with van der Waals surface area (Å²) in [5, 5.41) is 0. The van der Waals surface area contributed by atoms with Gasteiger partial charge in [0.15, 0.2) is 0 Å². The van der Waals surface area contributed by atoms with Crippen LogP contribution in [0.25, 0.3) is 0 Å². The summed E-state index contributed by atoms with van der Waals surface area (Å²) in [4.78, 5) is 2.54. The van der Waals surface area contributed by atoms with Crippen molar-refractivity contribution in [3.63, 3.8) is 0 Å². The SMILES string of the molecule is COC(C)(C)CCN1CCC(CCN)C1. The molecule has 0 saturated carbocycles. The Morgan fingerprint density at radius 2 is 2.20 bits per heavy atom. The van der Waals surface area contributed by atoms with Crippen LogP contribution in [0.4, 0.5) is 0 Å². The van der Waals surface area contributed by atoms with Gasteiger partial charge in [0.05, 0.1) is 5.60 Å². The largest absolute Gasteiger partial charge is 0.379 e. The quantitative estimate of drug-likeness (QED) is 0.728. The van der Waals surface area contributed by atoms with Gasteiger partial charge in [0.25, 0.3) is 0 Å². The molecule has 2 N–H and O–H groups in total. The van der Waals surface area contributed by atoms with Gasteiger partial charge in [-0.05, 0) is 52.1 Å². The van der Waals surface area contributed by atoms with Gasteiger partial charge in [0, 0.05) is 20.2 Å². The van der Waals surface area contributed by atoms with Crippen molar-refractivity contribution in [2.75, 3.05) is 33.3 Å². The van der Waals surface area contributed by atoms with E-state index in [1.165, 1.54) is 25.9 Å². The van der Waals surface area contributed by atoms with Crippen LogP contribution in [0.5, 0.6) is 0 Å². The van der Waals surface area contributed by atoms with Crippen LogP contribution in [0.15, 0.2) is 0 Å². The zero-order chi connectivity index (χ0) is 11.3. The molecule has 1 atom stereocenters. The number of hydrogen-bond donors (Lipinski definition) is 1. The van der Waals surface area contributed by atoms with Crippen LogP contribution in [-0.2, 0) is 4.74 Å². The smallest absolute Gasteiger partial charge is 0.0634 e. The summed E-state index contributed by atoms with van der Waals surface area (Å²) in [7, 11) is 1.79. The van der Waals surface area contributed by atoms with E-state index in [2.05, 4.69) is 18.7 Å². The Balaban J connectivity index is 2.19. The third-order valence-corrected chi connectivity index (χ3v) is 3.53. The molecule has 1 fully saturated rings. The van der Waals surface area contributed by atoms with Crippen LogP contribution in [0.3, 0.4) is 0 Å². The molecule has 3 heteroatoms. The van der Waals surface area contributed by atoms with Gasteiger partial charge in [-0.3, -0.25) is 0 Å². The summed E-state index contributed by atoms with van der Waals surface area (Å²) in [6.07, 6.45) is 3.62. The van der Waals surface area contributed by atoms with Crippen molar-refractivity contribution in [3.05, 3.63) is 0 Å². The lowest BCUT2D eigenvalue weighted by Crippen LogP contribution is -2.31. The fraction of sp³-hybridized carbons (Fsp3) is 1.00. The van der Waals surface area contributed by atoms with Crippen molar-refractivity contribution in [3.8, 4) is 0 Å². The molecule has 0 bridgehead atoms. The zero-order valence-electron chi connectivity index (χ0n) is 10.5. The molecule has 15 heavy (non-hydrogen) atoms. The highest BCUT2D eigenvalue weighted by molar-refractivity contribution is 4.78. The minimum Gasteiger partial charge on any atom is -0.379 e. The first-order valence-corrected chi connectivity index (χ1v) is 6.05. The van der Waals surface area contributed by atoms with Gasteiger partial charge in [0.1, 0.15) is 0 Å². The maximum Gasteiger partial charge on any atom is 0.0634 e. The first kappa shape index (κ1) is 12.9. The van der Waals surface area contributed by atoms with Crippen LogP contribution in [-0.4, -0.2) is 43.8 Å². The number of nitrogens with two attached hydrogens (primary N) is 1. The van der Waals surface area contributed by atoms with Crippen molar-refractivity contribution in [1.29, 1.82) is 0 Å². The minimum absolute atomic E-state index is 0.0198. The lowest BCUT2D eigenvalue weighted by Gasteiger charge is -2.26. The molecule has 0 spiro atoms. The molecule has 0 aromatic rings. The van der Waals surface area contributed by atoms with Crippen LogP contribution >= 0.6 is 0 Å². The fourth-order valence-corrected chi connectivity index (χ4v) is 2.12. The summed E-state index contributed by atoms with van der Waals surface area (Å²) >= 11 is 0. The van der Waals surface area contributed by atoms with E-state index in [0.717, 1.165) is 25.4 Å². The monoisotopic (exact) mass is 214 g/mol. The topological polar surface area (TPSA) is 38.5 Å². The molecule has 1 aliphatic heterocycles. The number of rotatable bonds is 6. The predicted molar refractivity (Wildman–Crippen MR) is 63.9 cm³/mol. The molecule has 1 rings (SSSR count). The van der Waals surface area contributed by atoms with Crippen LogP contribution in [0, 0.1) is 5.92 Å². The van der Waals surface area contributed by atoms with Gasteiger partial charge in [-0.15, -0.1) is 0 Å². The summed E-state index contributed by atoms with van der Waals surface area (Å²) in [6.45, 7) is 8.77. The Morgan fingerprint density at radius 1 is 1.47 bits per heavy atom. The van der Waals surface area contributed by atoms with Gasteiger partial charge in [-0.1, -0.05) is 0 Å². The van der Waals surface area contributed by atoms with Crippen molar-refractivity contribution in [1.82, 2.24) is 4.90 Å². The molecule has 0 aromatic carbocycles. The Kier molecular flexibility index (Phi) is 5.03. The third kappa shape index (κ3) is 4.49. The van der Waals surface area contributed by atoms with E-state index in [0.29, 0.717) is 0 Å². The second-order valence-corrected chi connectivity index (χ2v) is 5.25. The lowest BCUT2D eigenvalue weighted by molar-refractivity contribution is 0.00876.